The van der Waals surface area contributed by atoms with Crippen LogP contribution < -0.4 is 5.14 Å². The summed E-state index contributed by atoms with van der Waals surface area (Å²) in [5.74, 6) is 5.90. The summed E-state index contributed by atoms with van der Waals surface area (Å²) in [6.07, 6.45) is 5.34. The maximum absolute atomic E-state index is 11.2. The summed E-state index contributed by atoms with van der Waals surface area (Å²) in [6.45, 7) is 1.37. The van der Waals surface area contributed by atoms with Crippen molar-refractivity contribution in [2.24, 2.45) is 5.14 Å². The van der Waals surface area contributed by atoms with Gasteiger partial charge in [0.25, 0.3) is 0 Å². The van der Waals surface area contributed by atoms with Crippen LogP contribution in [0.1, 0.15) is 37.7 Å². The van der Waals surface area contributed by atoms with Crippen molar-refractivity contribution in [2.75, 3.05) is 18.5 Å². The molecular weight excluding hydrogens is 366 g/mol. The normalized spacial score (nSPS) is 11.0. The van der Waals surface area contributed by atoms with Crippen LogP contribution >= 0.6 is 15.9 Å². The summed E-state index contributed by atoms with van der Waals surface area (Å²) in [5.41, 5.74) is 0.640. The van der Waals surface area contributed by atoms with E-state index in [-0.39, 0.29) is 4.90 Å². The van der Waals surface area contributed by atoms with E-state index >= 15 is 0 Å². The molecule has 0 aliphatic carbocycles. The number of primary sulfonamides is 1. The highest BCUT2D eigenvalue weighted by molar-refractivity contribution is 9.09. The van der Waals surface area contributed by atoms with Crippen LogP contribution in [0.4, 0.5) is 0 Å². The smallest absolute Gasteiger partial charge is 0.238 e. The number of benzene rings is 1. The first-order chi connectivity index (χ1) is 10.5. The van der Waals surface area contributed by atoms with Gasteiger partial charge >= 0.3 is 0 Å². The van der Waals surface area contributed by atoms with Crippen LogP contribution in [-0.2, 0) is 14.8 Å². The summed E-state index contributed by atoms with van der Waals surface area (Å²) in [6, 6.07) is 6.33. The van der Waals surface area contributed by atoms with E-state index in [0.29, 0.717) is 18.6 Å². The topological polar surface area (TPSA) is 69.4 Å². The highest BCUT2D eigenvalue weighted by Gasteiger charge is 2.06. The van der Waals surface area contributed by atoms with E-state index in [1.165, 1.54) is 31.4 Å². The second-order valence-corrected chi connectivity index (χ2v) is 7.19. The van der Waals surface area contributed by atoms with Gasteiger partial charge in [0, 0.05) is 23.9 Å². The monoisotopic (exact) mass is 387 g/mol. The Labute approximate surface area is 141 Å². The van der Waals surface area contributed by atoms with Crippen LogP contribution in [-0.4, -0.2) is 27.0 Å². The molecule has 0 saturated heterocycles. The van der Waals surface area contributed by atoms with Crippen LogP contribution in [0.25, 0.3) is 0 Å². The first-order valence-electron chi connectivity index (χ1n) is 7.29. The number of hydrogen-bond acceptors (Lipinski definition) is 3. The highest BCUT2D eigenvalue weighted by Crippen LogP contribution is 2.08. The third-order valence-corrected chi connectivity index (χ3v) is 4.41. The van der Waals surface area contributed by atoms with Gasteiger partial charge in [0.15, 0.2) is 0 Å². The molecule has 1 aromatic rings. The summed E-state index contributed by atoms with van der Waals surface area (Å²) < 4.78 is 28.0. The first kappa shape index (κ1) is 19.2. The van der Waals surface area contributed by atoms with Crippen LogP contribution in [0.2, 0.25) is 0 Å². The van der Waals surface area contributed by atoms with Gasteiger partial charge in [-0.25, -0.2) is 13.6 Å². The zero-order valence-electron chi connectivity index (χ0n) is 12.6. The minimum atomic E-state index is -3.67. The Balaban J connectivity index is 2.25. The molecule has 2 N–H and O–H groups in total. The standard InChI is InChI=1S/C16H22BrNO3S/c17-11-4-1-2-5-12-21-13-6-3-8-15-9-7-10-16(14-15)22(18,19)20/h7,9-10,14H,1-2,4-6,11-13H2,(H2,18,19,20). The fourth-order valence-electron chi connectivity index (χ4n) is 1.79. The van der Waals surface area contributed by atoms with Crippen molar-refractivity contribution >= 4 is 26.0 Å². The maximum atomic E-state index is 11.2. The molecule has 6 heteroatoms. The summed E-state index contributed by atoms with van der Waals surface area (Å²) >= 11 is 3.41. The Kier molecular flexibility index (Phi) is 9.41. The third-order valence-electron chi connectivity index (χ3n) is 2.94. The molecular formula is C16H22BrNO3S. The van der Waals surface area contributed by atoms with Gasteiger partial charge in [0.1, 0.15) is 0 Å². The van der Waals surface area contributed by atoms with Crippen LogP contribution in [0.5, 0.6) is 0 Å². The molecule has 0 unspecified atom stereocenters. The minimum absolute atomic E-state index is 0.0824. The minimum Gasteiger partial charge on any atom is -0.380 e. The SMILES string of the molecule is NS(=O)(=O)c1cccc(C#CCCOCCCCCCBr)c1. The van der Waals surface area contributed by atoms with E-state index < -0.39 is 10.0 Å². The van der Waals surface area contributed by atoms with Crippen LogP contribution in [0.3, 0.4) is 0 Å². The first-order valence-corrected chi connectivity index (χ1v) is 9.96. The lowest BCUT2D eigenvalue weighted by Crippen LogP contribution is -2.11. The van der Waals surface area contributed by atoms with E-state index in [9.17, 15) is 8.42 Å². The van der Waals surface area contributed by atoms with Crippen molar-refractivity contribution in [3.05, 3.63) is 29.8 Å². The molecule has 0 spiro atoms. The number of rotatable bonds is 9. The average molecular weight is 388 g/mol. The molecule has 122 valence electrons. The van der Waals surface area contributed by atoms with E-state index in [0.717, 1.165) is 18.4 Å². The fraction of sp³-hybridized carbons (Fsp3) is 0.500. The number of unbranched alkanes of at least 4 members (excludes halogenated alkanes) is 3. The number of nitrogens with two attached hydrogens (primary N) is 1. The molecule has 0 atom stereocenters. The average Bonchev–Trinajstić information content (AvgIpc) is 2.49. The molecule has 0 aliphatic rings. The summed E-state index contributed by atoms with van der Waals surface area (Å²) in [5, 5.41) is 6.15. The van der Waals surface area contributed by atoms with Gasteiger partial charge in [-0.1, -0.05) is 46.7 Å². The number of hydrogen-bond donors (Lipinski definition) is 1. The fourth-order valence-corrected chi connectivity index (χ4v) is 2.75. The molecule has 0 amide bonds. The van der Waals surface area contributed by atoms with E-state index in [4.69, 9.17) is 9.88 Å². The highest BCUT2D eigenvalue weighted by atomic mass is 79.9. The quantitative estimate of drug-likeness (QED) is 0.402. The predicted octanol–water partition coefficient (Wildman–Crippen LogP) is 3.05. The Hall–Kier alpha value is -0.870. The molecule has 0 aliphatic heterocycles. The second-order valence-electron chi connectivity index (χ2n) is 4.84. The van der Waals surface area contributed by atoms with Gasteiger partial charge in [0.2, 0.25) is 10.0 Å². The zero-order valence-corrected chi connectivity index (χ0v) is 15.0. The molecule has 0 bridgehead atoms. The summed E-state index contributed by atoms with van der Waals surface area (Å²) in [4.78, 5) is 0.0824. The van der Waals surface area contributed by atoms with Crippen molar-refractivity contribution < 1.29 is 13.2 Å². The zero-order chi connectivity index (χ0) is 16.3. The molecule has 0 radical (unpaired) electrons. The number of ether oxygens (including phenoxy) is 1. The molecule has 1 rings (SSSR count). The lowest BCUT2D eigenvalue weighted by Gasteiger charge is -2.01. The van der Waals surface area contributed by atoms with Crippen molar-refractivity contribution in [2.45, 2.75) is 37.0 Å². The Morgan fingerprint density at radius 2 is 1.91 bits per heavy atom. The van der Waals surface area contributed by atoms with Gasteiger partial charge in [-0.05, 0) is 31.0 Å². The molecule has 1 aromatic carbocycles. The number of halogens is 1. The molecule has 22 heavy (non-hydrogen) atoms. The van der Waals surface area contributed by atoms with Crippen molar-refractivity contribution in [1.82, 2.24) is 0 Å². The molecule has 0 fully saturated rings. The Morgan fingerprint density at radius 1 is 1.14 bits per heavy atom. The third kappa shape index (κ3) is 8.54. The predicted molar refractivity (Wildman–Crippen MR) is 92.4 cm³/mol. The van der Waals surface area contributed by atoms with Gasteiger partial charge in [0.05, 0.1) is 11.5 Å². The molecule has 4 nitrogen and oxygen atoms in total. The largest absolute Gasteiger partial charge is 0.380 e. The Bertz CT molecular complexity index is 605. The van der Waals surface area contributed by atoms with Gasteiger partial charge in [-0.15, -0.1) is 0 Å². The molecule has 0 saturated carbocycles. The Morgan fingerprint density at radius 3 is 2.64 bits per heavy atom. The molecule has 0 heterocycles. The summed E-state index contributed by atoms with van der Waals surface area (Å²) in [7, 11) is -3.67. The second kappa shape index (κ2) is 10.8. The van der Waals surface area contributed by atoms with E-state index in [1.807, 2.05) is 0 Å². The van der Waals surface area contributed by atoms with Crippen LogP contribution in [0, 0.1) is 11.8 Å². The van der Waals surface area contributed by atoms with Gasteiger partial charge < -0.3 is 4.74 Å². The van der Waals surface area contributed by atoms with Crippen molar-refractivity contribution in [3.63, 3.8) is 0 Å². The van der Waals surface area contributed by atoms with E-state index in [2.05, 4.69) is 27.8 Å². The maximum Gasteiger partial charge on any atom is 0.238 e. The molecule has 0 aromatic heterocycles. The lowest BCUT2D eigenvalue weighted by atomic mass is 10.2. The van der Waals surface area contributed by atoms with E-state index in [1.54, 1.807) is 12.1 Å². The van der Waals surface area contributed by atoms with Gasteiger partial charge in [-0.3, -0.25) is 0 Å². The van der Waals surface area contributed by atoms with Crippen LogP contribution in [0.15, 0.2) is 29.2 Å². The van der Waals surface area contributed by atoms with Crippen molar-refractivity contribution in [1.29, 1.82) is 0 Å². The van der Waals surface area contributed by atoms with Gasteiger partial charge in [-0.2, -0.15) is 0 Å². The number of sulfonamides is 1. The number of alkyl halides is 1. The lowest BCUT2D eigenvalue weighted by molar-refractivity contribution is 0.135. The van der Waals surface area contributed by atoms with Crippen molar-refractivity contribution in [3.8, 4) is 11.8 Å².